The minimum absolute atomic E-state index is 0.576. The van der Waals surface area contributed by atoms with E-state index < -0.39 is 0 Å². The maximum atomic E-state index is 4.02. The van der Waals surface area contributed by atoms with Gasteiger partial charge in [0.2, 0.25) is 0 Å². The number of nitrogens with zero attached hydrogens (tertiary/aromatic N) is 1. The normalized spacial score (nSPS) is 31.1. The van der Waals surface area contributed by atoms with Crippen molar-refractivity contribution in [3.05, 3.63) is 35.4 Å². The van der Waals surface area contributed by atoms with E-state index in [1.165, 1.54) is 51.6 Å². The highest BCUT2D eigenvalue weighted by atomic mass is 15.2. The maximum absolute atomic E-state index is 4.02. The number of nitrogens with one attached hydrogen (secondary N) is 1. The topological polar surface area (TPSA) is 15.3 Å². The van der Waals surface area contributed by atoms with Crippen LogP contribution in [0.15, 0.2) is 24.3 Å². The van der Waals surface area contributed by atoms with Gasteiger partial charge in [-0.3, -0.25) is 0 Å². The largest absolute Gasteiger partial charge is 0.307 e. The van der Waals surface area contributed by atoms with E-state index in [2.05, 4.69) is 41.4 Å². The maximum Gasteiger partial charge on any atom is 0.0351 e. The number of hydrogen-bond acceptors (Lipinski definition) is 2. The predicted molar refractivity (Wildman–Crippen MR) is 87.4 cm³/mol. The Morgan fingerprint density at radius 1 is 1.00 bits per heavy atom. The van der Waals surface area contributed by atoms with E-state index >= 15 is 0 Å². The van der Waals surface area contributed by atoms with Gasteiger partial charge in [0, 0.05) is 18.1 Å². The van der Waals surface area contributed by atoms with Crippen molar-refractivity contribution in [1.29, 1.82) is 0 Å². The summed E-state index contributed by atoms with van der Waals surface area (Å²) in [7, 11) is 0. The fourth-order valence-corrected chi connectivity index (χ4v) is 4.30. The lowest BCUT2D eigenvalue weighted by Gasteiger charge is -2.38. The molecule has 0 spiro atoms. The zero-order chi connectivity index (χ0) is 14.2. The van der Waals surface area contributed by atoms with Gasteiger partial charge in [-0.05, 0) is 68.7 Å². The number of piperidine rings is 1. The van der Waals surface area contributed by atoms with Crippen molar-refractivity contribution >= 4 is 0 Å². The SMILES string of the molecule is C[C@H]1CCc2ccccc2[C@@H]1NC1CCN(C2CC2)CC1. The monoisotopic (exact) mass is 284 g/mol. The molecule has 1 heterocycles. The first-order chi connectivity index (χ1) is 10.3. The molecule has 0 amide bonds. The third kappa shape index (κ3) is 2.89. The molecule has 21 heavy (non-hydrogen) atoms. The number of benzene rings is 1. The number of likely N-dealkylation sites (tertiary alicyclic amines) is 1. The van der Waals surface area contributed by atoms with E-state index in [4.69, 9.17) is 0 Å². The molecule has 0 unspecified atom stereocenters. The van der Waals surface area contributed by atoms with E-state index in [1.54, 1.807) is 11.1 Å². The van der Waals surface area contributed by atoms with Gasteiger partial charge in [0.25, 0.3) is 0 Å². The highest BCUT2D eigenvalue weighted by Crippen LogP contribution is 2.35. The minimum atomic E-state index is 0.576. The molecular formula is C19H28N2. The average molecular weight is 284 g/mol. The standard InChI is InChI=1S/C19H28N2/c1-14-6-7-15-4-2-3-5-18(15)19(14)20-16-10-12-21(13-11-16)17-8-9-17/h2-5,14,16-17,19-20H,6-13H2,1H3/t14-,19+/m0/s1. The van der Waals surface area contributed by atoms with Gasteiger partial charge in [0.15, 0.2) is 0 Å². The lowest BCUT2D eigenvalue weighted by molar-refractivity contribution is 0.173. The Hall–Kier alpha value is -0.860. The Kier molecular flexibility index (Phi) is 3.76. The van der Waals surface area contributed by atoms with Gasteiger partial charge in [-0.1, -0.05) is 31.2 Å². The van der Waals surface area contributed by atoms with Crippen molar-refractivity contribution in [1.82, 2.24) is 10.2 Å². The Bertz CT molecular complexity index is 486. The van der Waals surface area contributed by atoms with Crippen LogP contribution >= 0.6 is 0 Å². The molecule has 114 valence electrons. The molecule has 0 bridgehead atoms. The van der Waals surface area contributed by atoms with Crippen LogP contribution in [0.5, 0.6) is 0 Å². The molecule has 1 N–H and O–H groups in total. The van der Waals surface area contributed by atoms with Gasteiger partial charge in [-0.25, -0.2) is 0 Å². The molecule has 1 saturated heterocycles. The first-order valence-corrected chi connectivity index (χ1v) is 8.89. The van der Waals surface area contributed by atoms with Crippen LogP contribution in [0.2, 0.25) is 0 Å². The quantitative estimate of drug-likeness (QED) is 0.913. The van der Waals surface area contributed by atoms with Crippen LogP contribution in [0, 0.1) is 5.92 Å². The van der Waals surface area contributed by atoms with E-state index in [9.17, 15) is 0 Å². The number of rotatable bonds is 3. The summed E-state index contributed by atoms with van der Waals surface area (Å²) in [6, 6.07) is 11.3. The molecule has 2 heteroatoms. The van der Waals surface area contributed by atoms with Crippen LogP contribution in [0.1, 0.15) is 56.2 Å². The third-order valence-electron chi connectivity index (χ3n) is 5.84. The molecule has 1 aromatic rings. The van der Waals surface area contributed by atoms with E-state index in [0.717, 1.165) is 18.0 Å². The van der Waals surface area contributed by atoms with Crippen LogP contribution < -0.4 is 5.32 Å². The number of fused-ring (bicyclic) bond motifs is 1. The lowest BCUT2D eigenvalue weighted by Crippen LogP contribution is -2.46. The van der Waals surface area contributed by atoms with Crippen molar-refractivity contribution in [3.63, 3.8) is 0 Å². The summed E-state index contributed by atoms with van der Waals surface area (Å²) in [6.45, 7) is 5.04. The summed E-state index contributed by atoms with van der Waals surface area (Å²) in [4.78, 5) is 2.72. The number of aryl methyl sites for hydroxylation is 1. The molecule has 2 aliphatic carbocycles. The van der Waals surface area contributed by atoms with Crippen molar-refractivity contribution in [2.45, 2.75) is 63.6 Å². The first-order valence-electron chi connectivity index (χ1n) is 8.89. The van der Waals surface area contributed by atoms with Crippen LogP contribution in [0.25, 0.3) is 0 Å². The minimum Gasteiger partial charge on any atom is -0.307 e. The van der Waals surface area contributed by atoms with Gasteiger partial charge < -0.3 is 10.2 Å². The summed E-state index contributed by atoms with van der Waals surface area (Å²) >= 11 is 0. The molecule has 1 aliphatic heterocycles. The predicted octanol–water partition coefficient (Wildman–Crippen LogP) is 3.53. The Morgan fingerprint density at radius 2 is 1.76 bits per heavy atom. The second kappa shape index (κ2) is 5.73. The molecule has 2 fully saturated rings. The highest BCUT2D eigenvalue weighted by Gasteiger charge is 2.33. The molecule has 1 saturated carbocycles. The van der Waals surface area contributed by atoms with Gasteiger partial charge in [0.1, 0.15) is 0 Å². The van der Waals surface area contributed by atoms with Crippen molar-refractivity contribution in [3.8, 4) is 0 Å². The lowest BCUT2D eigenvalue weighted by atomic mass is 9.80. The van der Waals surface area contributed by atoms with E-state index in [0.29, 0.717) is 6.04 Å². The first kappa shape index (κ1) is 13.8. The van der Waals surface area contributed by atoms with Crippen LogP contribution in [-0.4, -0.2) is 30.1 Å². The Labute approximate surface area is 128 Å². The molecule has 3 aliphatic rings. The summed E-state index contributed by atoms with van der Waals surface area (Å²) in [5.41, 5.74) is 3.14. The third-order valence-corrected chi connectivity index (χ3v) is 5.84. The summed E-state index contributed by atoms with van der Waals surface area (Å²) in [6.07, 6.45) is 8.16. The molecule has 0 radical (unpaired) electrons. The Morgan fingerprint density at radius 3 is 2.52 bits per heavy atom. The van der Waals surface area contributed by atoms with Gasteiger partial charge in [-0.15, -0.1) is 0 Å². The second-order valence-electron chi connectivity index (χ2n) is 7.40. The molecule has 2 atom stereocenters. The molecule has 4 rings (SSSR count). The zero-order valence-corrected chi connectivity index (χ0v) is 13.2. The van der Waals surface area contributed by atoms with E-state index in [-0.39, 0.29) is 0 Å². The molecule has 0 aromatic heterocycles. The van der Waals surface area contributed by atoms with Crippen molar-refractivity contribution in [2.24, 2.45) is 5.92 Å². The van der Waals surface area contributed by atoms with Gasteiger partial charge in [-0.2, -0.15) is 0 Å². The van der Waals surface area contributed by atoms with Crippen molar-refractivity contribution < 1.29 is 0 Å². The molecular weight excluding hydrogens is 256 g/mol. The molecule has 1 aromatic carbocycles. The number of hydrogen-bond donors (Lipinski definition) is 1. The highest BCUT2D eigenvalue weighted by molar-refractivity contribution is 5.33. The fourth-order valence-electron chi connectivity index (χ4n) is 4.30. The molecule has 2 nitrogen and oxygen atoms in total. The summed E-state index contributed by atoms with van der Waals surface area (Å²) in [5, 5.41) is 4.02. The average Bonchev–Trinajstić information content (AvgIpc) is 3.36. The van der Waals surface area contributed by atoms with Crippen LogP contribution in [0.4, 0.5) is 0 Å². The van der Waals surface area contributed by atoms with Crippen LogP contribution in [-0.2, 0) is 6.42 Å². The van der Waals surface area contributed by atoms with Gasteiger partial charge in [0.05, 0.1) is 0 Å². The van der Waals surface area contributed by atoms with E-state index in [1.807, 2.05) is 0 Å². The fraction of sp³-hybridized carbons (Fsp3) is 0.684. The summed E-state index contributed by atoms with van der Waals surface area (Å²) in [5.74, 6) is 0.765. The van der Waals surface area contributed by atoms with Crippen LogP contribution in [0.3, 0.4) is 0 Å². The second-order valence-corrected chi connectivity index (χ2v) is 7.40. The Balaban J connectivity index is 1.42. The van der Waals surface area contributed by atoms with Crippen molar-refractivity contribution in [2.75, 3.05) is 13.1 Å². The van der Waals surface area contributed by atoms with Gasteiger partial charge >= 0.3 is 0 Å². The zero-order valence-electron chi connectivity index (χ0n) is 13.2. The smallest absolute Gasteiger partial charge is 0.0351 e. The summed E-state index contributed by atoms with van der Waals surface area (Å²) < 4.78 is 0.